The van der Waals surface area contributed by atoms with Crippen LogP contribution in [0, 0.1) is 0 Å². The second-order valence-electron chi connectivity index (χ2n) is 2.62. The number of aromatic nitrogens is 2. The van der Waals surface area contributed by atoms with Crippen molar-refractivity contribution in [1.82, 2.24) is 15.3 Å². The Hall–Kier alpha value is -2.15. The molecule has 15 heavy (non-hydrogen) atoms. The van der Waals surface area contributed by atoms with Gasteiger partial charge in [-0.25, -0.2) is 4.79 Å². The molecule has 1 heterocycles. The van der Waals surface area contributed by atoms with E-state index in [1.165, 1.54) is 0 Å². The van der Waals surface area contributed by atoms with Crippen LogP contribution in [-0.4, -0.2) is 21.0 Å². The van der Waals surface area contributed by atoms with Crippen molar-refractivity contribution in [3.05, 3.63) is 34.5 Å². The van der Waals surface area contributed by atoms with E-state index in [1.807, 2.05) is 0 Å². The Morgan fingerprint density at radius 1 is 1.73 bits per heavy atom. The van der Waals surface area contributed by atoms with Crippen LogP contribution >= 0.6 is 0 Å². The Labute approximate surface area is 84.6 Å². The lowest BCUT2D eigenvalue weighted by Crippen LogP contribution is -2.26. The number of aromatic amines is 1. The second-order valence-corrected chi connectivity index (χ2v) is 2.62. The molecule has 0 saturated carbocycles. The van der Waals surface area contributed by atoms with Gasteiger partial charge in [-0.3, -0.25) is 4.79 Å². The molecule has 1 rings (SSSR count). The summed E-state index contributed by atoms with van der Waals surface area (Å²) in [5.74, 6) is -0.822. The van der Waals surface area contributed by atoms with Crippen LogP contribution in [-0.2, 0) is 6.61 Å². The summed E-state index contributed by atoms with van der Waals surface area (Å²) in [6.45, 7) is 2.79. The molecule has 0 saturated heterocycles. The summed E-state index contributed by atoms with van der Waals surface area (Å²) < 4.78 is 0. The number of hydrogen-bond donors (Lipinski definition) is 4. The lowest BCUT2D eigenvalue weighted by molar-refractivity contribution is 0.0967. The number of carbonyl (C=O) groups is 1. The third-order valence-electron chi connectivity index (χ3n) is 1.66. The molecule has 0 spiro atoms. The van der Waals surface area contributed by atoms with Crippen LogP contribution < -0.4 is 16.7 Å². The molecule has 80 valence electrons. The van der Waals surface area contributed by atoms with Gasteiger partial charge in [-0.05, 0) is 6.20 Å². The van der Waals surface area contributed by atoms with Gasteiger partial charge in [0.1, 0.15) is 11.4 Å². The molecular formula is C8H10N4O3. The lowest BCUT2D eigenvalue weighted by Gasteiger charge is -2.07. The van der Waals surface area contributed by atoms with Crippen LogP contribution in [0.15, 0.2) is 17.6 Å². The number of amides is 1. The van der Waals surface area contributed by atoms with Crippen molar-refractivity contribution in [2.24, 2.45) is 0 Å². The number of nitrogens with zero attached hydrogens (tertiary/aromatic N) is 1. The number of carbonyl (C=O) groups excluding carboxylic acids is 1. The average Bonchev–Trinajstić information content (AvgIpc) is 2.16. The largest absolute Gasteiger partial charge is 0.390 e. The molecule has 1 aromatic rings. The zero-order chi connectivity index (χ0) is 11.4. The van der Waals surface area contributed by atoms with Gasteiger partial charge in [0.15, 0.2) is 0 Å². The van der Waals surface area contributed by atoms with Gasteiger partial charge < -0.3 is 21.1 Å². The van der Waals surface area contributed by atoms with E-state index < -0.39 is 18.2 Å². The van der Waals surface area contributed by atoms with Crippen LogP contribution in [0.25, 0.3) is 0 Å². The topological polar surface area (TPSA) is 121 Å². The molecule has 1 amide bonds. The Kier molecular flexibility index (Phi) is 3.19. The van der Waals surface area contributed by atoms with Crippen molar-refractivity contribution < 1.29 is 9.90 Å². The van der Waals surface area contributed by atoms with Gasteiger partial charge in [0, 0.05) is 0 Å². The minimum Gasteiger partial charge on any atom is -0.390 e. The summed E-state index contributed by atoms with van der Waals surface area (Å²) in [7, 11) is 0. The number of nitrogen functional groups attached to an aromatic ring is 1. The lowest BCUT2D eigenvalue weighted by atomic mass is 10.2. The van der Waals surface area contributed by atoms with E-state index in [4.69, 9.17) is 10.8 Å². The number of nitrogens with one attached hydrogen (secondary N) is 2. The summed E-state index contributed by atoms with van der Waals surface area (Å²) >= 11 is 0. The smallest absolute Gasteiger partial charge is 0.347 e. The number of aliphatic hydroxyl groups excluding tert-OH is 1. The van der Waals surface area contributed by atoms with E-state index >= 15 is 0 Å². The predicted molar refractivity (Wildman–Crippen MR) is 52.9 cm³/mol. The number of anilines is 1. The first-order chi connectivity index (χ1) is 7.10. The van der Waals surface area contributed by atoms with Crippen molar-refractivity contribution in [3.63, 3.8) is 0 Å². The summed E-state index contributed by atoms with van der Waals surface area (Å²) in [5.41, 5.74) is 4.64. The van der Waals surface area contributed by atoms with E-state index in [0.29, 0.717) is 0 Å². The van der Waals surface area contributed by atoms with Crippen LogP contribution in [0.2, 0.25) is 0 Å². The maximum absolute atomic E-state index is 11.4. The first kappa shape index (κ1) is 10.9. The predicted octanol–water partition coefficient (Wildman–Crippen LogP) is -1.28. The van der Waals surface area contributed by atoms with Gasteiger partial charge in [-0.2, -0.15) is 4.98 Å². The fourth-order valence-corrected chi connectivity index (χ4v) is 1.08. The number of nitrogens with two attached hydrogens (primary N) is 1. The molecule has 0 aliphatic rings. The van der Waals surface area contributed by atoms with Gasteiger partial charge in [0.2, 0.25) is 0 Å². The quantitative estimate of drug-likeness (QED) is 0.495. The Morgan fingerprint density at radius 3 is 2.93 bits per heavy atom. The van der Waals surface area contributed by atoms with Crippen molar-refractivity contribution in [1.29, 1.82) is 0 Å². The third kappa shape index (κ3) is 2.20. The fourth-order valence-electron chi connectivity index (χ4n) is 1.08. The molecule has 7 heteroatoms. The molecule has 0 radical (unpaired) electrons. The SMILES string of the molecule is C=CNC(=O)c1c(N)nc(=O)[nH]c1CO. The zero-order valence-corrected chi connectivity index (χ0v) is 7.78. The van der Waals surface area contributed by atoms with E-state index in [-0.39, 0.29) is 17.1 Å². The zero-order valence-electron chi connectivity index (χ0n) is 7.78. The maximum atomic E-state index is 11.4. The van der Waals surface area contributed by atoms with Crippen molar-refractivity contribution >= 4 is 11.7 Å². The molecule has 5 N–H and O–H groups in total. The van der Waals surface area contributed by atoms with Crippen molar-refractivity contribution in [2.45, 2.75) is 6.61 Å². The molecule has 0 atom stereocenters. The summed E-state index contributed by atoms with van der Waals surface area (Å²) in [5, 5.41) is 11.2. The van der Waals surface area contributed by atoms with Crippen molar-refractivity contribution in [2.75, 3.05) is 5.73 Å². The summed E-state index contributed by atoms with van der Waals surface area (Å²) in [4.78, 5) is 27.9. The van der Waals surface area contributed by atoms with Crippen LogP contribution in [0.1, 0.15) is 16.1 Å². The standard InChI is InChI=1S/C8H10N4O3/c1-2-10-7(14)5-4(3-13)11-8(15)12-6(5)9/h2,13H,1,3H2,(H,10,14)(H3,9,11,12,15). The van der Waals surface area contributed by atoms with Crippen LogP contribution in [0.3, 0.4) is 0 Å². The highest BCUT2D eigenvalue weighted by Gasteiger charge is 2.16. The molecule has 1 aromatic heterocycles. The Bertz CT molecular complexity index is 452. The first-order valence-electron chi connectivity index (χ1n) is 4.01. The van der Waals surface area contributed by atoms with Gasteiger partial charge in [0.25, 0.3) is 5.91 Å². The molecule has 0 aliphatic carbocycles. The number of hydrogen-bond acceptors (Lipinski definition) is 5. The van der Waals surface area contributed by atoms with E-state index in [2.05, 4.69) is 21.9 Å². The maximum Gasteiger partial charge on any atom is 0.347 e. The summed E-state index contributed by atoms with van der Waals surface area (Å²) in [6, 6.07) is 0. The van der Waals surface area contributed by atoms with Gasteiger partial charge >= 0.3 is 5.69 Å². The van der Waals surface area contributed by atoms with Gasteiger partial charge in [0.05, 0.1) is 12.3 Å². The minimum atomic E-state index is -0.716. The van der Waals surface area contributed by atoms with E-state index in [0.717, 1.165) is 6.20 Å². The number of rotatable bonds is 3. The van der Waals surface area contributed by atoms with Gasteiger partial charge in [-0.15, -0.1) is 0 Å². The molecule has 0 fully saturated rings. The van der Waals surface area contributed by atoms with E-state index in [9.17, 15) is 9.59 Å². The van der Waals surface area contributed by atoms with Gasteiger partial charge in [-0.1, -0.05) is 6.58 Å². The third-order valence-corrected chi connectivity index (χ3v) is 1.66. The van der Waals surface area contributed by atoms with Crippen LogP contribution in [0.4, 0.5) is 5.82 Å². The fraction of sp³-hybridized carbons (Fsp3) is 0.125. The average molecular weight is 210 g/mol. The second kappa shape index (κ2) is 4.38. The number of aliphatic hydroxyl groups is 1. The molecular weight excluding hydrogens is 200 g/mol. The molecule has 0 bridgehead atoms. The molecule has 7 nitrogen and oxygen atoms in total. The molecule has 0 aliphatic heterocycles. The van der Waals surface area contributed by atoms with Crippen molar-refractivity contribution in [3.8, 4) is 0 Å². The highest BCUT2D eigenvalue weighted by atomic mass is 16.3. The normalized spacial score (nSPS) is 9.67. The summed E-state index contributed by atoms with van der Waals surface area (Å²) in [6.07, 6.45) is 1.16. The highest BCUT2D eigenvalue weighted by molar-refractivity contribution is 5.99. The highest BCUT2D eigenvalue weighted by Crippen LogP contribution is 2.10. The van der Waals surface area contributed by atoms with Crippen LogP contribution in [0.5, 0.6) is 0 Å². The van der Waals surface area contributed by atoms with E-state index in [1.54, 1.807) is 0 Å². The Balaban J connectivity index is 3.32. The monoisotopic (exact) mass is 210 g/mol. The molecule has 0 aromatic carbocycles. The first-order valence-corrected chi connectivity index (χ1v) is 4.01. The number of H-pyrrole nitrogens is 1. The Morgan fingerprint density at radius 2 is 2.40 bits per heavy atom. The molecule has 0 unspecified atom stereocenters. The minimum absolute atomic E-state index is 0.0202.